The summed E-state index contributed by atoms with van der Waals surface area (Å²) >= 11 is 0. The van der Waals surface area contributed by atoms with E-state index in [2.05, 4.69) is 49.0 Å². The Morgan fingerprint density at radius 2 is 0.569 bits per heavy atom. The van der Waals surface area contributed by atoms with Crippen LogP contribution >= 0.6 is 0 Å². The van der Waals surface area contributed by atoms with Crippen molar-refractivity contribution in [1.29, 1.82) is 0 Å². The summed E-state index contributed by atoms with van der Waals surface area (Å²) in [6.07, 6.45) is 1.50. The van der Waals surface area contributed by atoms with Crippen LogP contribution in [0.5, 0.6) is 23.0 Å². The Hall–Kier alpha value is -4.72. The smallest absolute Gasteiger partial charge is 0.872 e. The first-order chi connectivity index (χ1) is 29.3. The average Bonchev–Trinajstić information content (AvgIpc) is 3.22. The number of amides is 2. The van der Waals surface area contributed by atoms with Crippen molar-refractivity contribution in [2.45, 2.75) is 53.9 Å². The van der Waals surface area contributed by atoms with Gasteiger partial charge in [0.05, 0.1) is 0 Å². The molecule has 0 radical (unpaired) electrons. The fraction of sp³-hybridized carbons (Fsp3) is 0.391. The Kier molecular flexibility index (Phi) is 44.7. The van der Waals surface area contributed by atoms with Gasteiger partial charge in [0.2, 0.25) is 12.8 Å². The molecule has 0 aliphatic carbocycles. The van der Waals surface area contributed by atoms with Gasteiger partial charge in [0.1, 0.15) is 0 Å². The van der Waals surface area contributed by atoms with Crippen molar-refractivity contribution in [2.75, 3.05) is 54.4 Å². The van der Waals surface area contributed by atoms with Crippen LogP contribution in [-0.4, -0.2) is 89.9 Å². The van der Waals surface area contributed by atoms with E-state index < -0.39 is 12.9 Å². The van der Waals surface area contributed by atoms with Gasteiger partial charge in [-0.3, -0.25) is 9.59 Å². The van der Waals surface area contributed by atoms with Crippen molar-refractivity contribution in [1.82, 2.24) is 31.1 Å². The van der Waals surface area contributed by atoms with Crippen molar-refractivity contribution in [3.05, 3.63) is 119 Å². The van der Waals surface area contributed by atoms with Gasteiger partial charge < -0.3 is 71.3 Å². The average molecular weight is 1040 g/mol. The van der Waals surface area contributed by atoms with Crippen LogP contribution in [0.4, 0.5) is 0 Å². The maximum Gasteiger partial charge on any atom is 2.00 e. The zero-order chi connectivity index (χ0) is 47.4. The van der Waals surface area contributed by atoms with Crippen molar-refractivity contribution >= 4 is 25.8 Å². The molecule has 16 nitrogen and oxygen atoms in total. The minimum atomic E-state index is -0.500. The fourth-order valence-electron chi connectivity index (χ4n) is 4.87. The van der Waals surface area contributed by atoms with Crippen LogP contribution in [0, 0.1) is 10.8 Å². The van der Waals surface area contributed by atoms with Crippen LogP contribution in [0.2, 0.25) is 0 Å². The zero-order valence-corrected chi connectivity index (χ0v) is 41.1. The van der Waals surface area contributed by atoms with Crippen molar-refractivity contribution < 1.29 is 99.3 Å². The molecule has 0 heterocycles. The van der Waals surface area contributed by atoms with E-state index >= 15 is 0 Å². The molecule has 4 rings (SSSR count). The standard InChI is InChI=1S/2C19H26N2O2.2C3H7NO.2CH2O2.3Ni/c2*1-19(2,13-20-11-15-7-3-5-9-17(15)22)14-21-12-16-8-4-6-10-18(16)23;2*1-4(2)3-5;2*2-1-3;;;/h2*3-10,20-23H,11-14H2,1-2H3;2*3H,1-2H3;2*1H,(H,2,3);;;/q;;;;;;3*+2/p-6. The first-order valence-electron chi connectivity index (χ1n) is 19.5. The molecule has 0 fully saturated rings. The van der Waals surface area contributed by atoms with E-state index in [0.717, 1.165) is 61.3 Å². The predicted octanol–water partition coefficient (Wildman–Crippen LogP) is -0.388. The molecule has 0 aliphatic heterocycles. The largest absolute Gasteiger partial charge is 2.00 e. The van der Waals surface area contributed by atoms with Crippen LogP contribution < -0.4 is 51.9 Å². The second kappa shape index (κ2) is 42.0. The van der Waals surface area contributed by atoms with Crippen LogP contribution in [0.3, 0.4) is 0 Å². The van der Waals surface area contributed by atoms with Crippen LogP contribution in [0.25, 0.3) is 0 Å². The predicted molar refractivity (Wildman–Crippen MR) is 230 cm³/mol. The summed E-state index contributed by atoms with van der Waals surface area (Å²) in [4.78, 5) is 38.2. The van der Waals surface area contributed by atoms with Crippen LogP contribution in [-0.2, 0) is 94.8 Å². The molecule has 0 saturated carbocycles. The Morgan fingerprint density at radius 1 is 0.415 bits per heavy atom. The molecule has 0 unspecified atom stereocenters. The van der Waals surface area contributed by atoms with Gasteiger partial charge in [0.25, 0.3) is 0 Å². The molecule has 0 spiro atoms. The summed E-state index contributed by atoms with van der Waals surface area (Å²) in [7, 11) is 6.75. The molecule has 0 saturated heterocycles. The second-order valence-electron chi connectivity index (χ2n) is 15.5. The van der Waals surface area contributed by atoms with E-state index in [0.29, 0.717) is 26.2 Å². The molecule has 4 N–H and O–H groups in total. The van der Waals surface area contributed by atoms with E-state index in [1.165, 1.54) is 9.80 Å². The summed E-state index contributed by atoms with van der Waals surface area (Å²) in [6, 6.07) is 28.3. The number of hydrogen-bond acceptors (Lipinski definition) is 14. The number of carbonyl (C=O) groups is 4. The normalized spacial score (nSPS) is 9.60. The molecule has 65 heavy (non-hydrogen) atoms. The molecule has 4 aromatic carbocycles. The number of carboxylic acid groups (broad SMARTS) is 2. The van der Waals surface area contributed by atoms with E-state index in [1.54, 1.807) is 76.7 Å². The van der Waals surface area contributed by atoms with Gasteiger partial charge in [0.15, 0.2) is 0 Å². The maximum atomic E-state index is 11.7. The van der Waals surface area contributed by atoms with Crippen LogP contribution in [0.15, 0.2) is 97.1 Å². The van der Waals surface area contributed by atoms with Gasteiger partial charge in [-0.25, -0.2) is 0 Å². The summed E-state index contributed by atoms with van der Waals surface area (Å²) in [6.45, 7) is 13.1. The SMILES string of the molecule is CC(C)(CNCc1ccccc1[O-])CNCc1ccccc1[O-].CC(C)(CNCc1ccccc1[O-])CNCc1ccccc1[O-].CN(C)C=O.CN(C)C=O.O=C[O-].O=C[O-].[Ni+2].[Ni+2].[Ni+2]. The van der Waals surface area contributed by atoms with Gasteiger partial charge in [-0.15, -0.1) is 23.0 Å². The molecular formula is C46H64N6Ni3O10. The molecular weight excluding hydrogens is 973 g/mol. The fourth-order valence-corrected chi connectivity index (χ4v) is 4.87. The molecule has 0 aliphatic rings. The van der Waals surface area contributed by atoms with Gasteiger partial charge in [-0.2, -0.15) is 0 Å². The molecule has 0 atom stereocenters. The number of nitrogens with one attached hydrogen (secondary N) is 4. The molecule has 4 aromatic rings. The quantitative estimate of drug-likeness (QED) is 0.0732. The number of nitrogens with zero attached hydrogens (tertiary/aromatic N) is 2. The Bertz CT molecular complexity index is 1570. The number of benzene rings is 4. The first kappa shape index (κ1) is 69.3. The summed E-state index contributed by atoms with van der Waals surface area (Å²) < 4.78 is 0. The third-order valence-corrected chi connectivity index (χ3v) is 7.99. The van der Waals surface area contributed by atoms with Crippen molar-refractivity contribution in [3.8, 4) is 23.0 Å². The zero-order valence-electron chi connectivity index (χ0n) is 38.1. The van der Waals surface area contributed by atoms with Gasteiger partial charge >= 0.3 is 49.5 Å². The molecule has 19 heteroatoms. The Morgan fingerprint density at radius 3 is 0.708 bits per heavy atom. The third-order valence-electron chi connectivity index (χ3n) is 7.99. The van der Waals surface area contributed by atoms with Gasteiger partial charge in [-0.1, -0.05) is 125 Å². The molecule has 2 amide bonds. The Labute approximate surface area is 415 Å². The number of carbonyl (C=O) groups excluding carboxylic acids is 4. The number of para-hydroxylation sites is 4. The van der Waals surface area contributed by atoms with E-state index in [4.69, 9.17) is 19.8 Å². The topological polar surface area (TPSA) is 261 Å². The molecule has 0 bridgehead atoms. The summed E-state index contributed by atoms with van der Waals surface area (Å²) in [5.74, 6) is 0.289. The Balaban J connectivity index is -0.000000268. The van der Waals surface area contributed by atoms with E-state index in [9.17, 15) is 30.0 Å². The van der Waals surface area contributed by atoms with E-state index in [1.807, 2.05) is 48.5 Å². The summed E-state index contributed by atoms with van der Waals surface area (Å²) in [5, 5.41) is 76.5. The molecule has 0 aromatic heterocycles. The van der Waals surface area contributed by atoms with Crippen LogP contribution in [0.1, 0.15) is 49.9 Å². The maximum absolute atomic E-state index is 11.7. The monoisotopic (exact) mass is 1030 g/mol. The second-order valence-corrected chi connectivity index (χ2v) is 15.5. The third kappa shape index (κ3) is 38.3. The van der Waals surface area contributed by atoms with E-state index in [-0.39, 0.29) is 83.3 Å². The number of hydrogen-bond donors (Lipinski definition) is 4. The van der Waals surface area contributed by atoms with Gasteiger partial charge in [0, 0.05) is 93.5 Å². The minimum Gasteiger partial charge on any atom is -0.872 e. The number of rotatable bonds is 18. The molecule has 368 valence electrons. The van der Waals surface area contributed by atoms with Crippen molar-refractivity contribution in [3.63, 3.8) is 0 Å². The van der Waals surface area contributed by atoms with Gasteiger partial charge in [-0.05, 0) is 33.1 Å². The minimum absolute atomic E-state index is 0. The van der Waals surface area contributed by atoms with Crippen molar-refractivity contribution in [2.24, 2.45) is 10.8 Å². The first-order valence-corrected chi connectivity index (χ1v) is 19.5. The summed E-state index contributed by atoms with van der Waals surface area (Å²) in [5.41, 5.74) is 3.20.